The van der Waals surface area contributed by atoms with E-state index in [2.05, 4.69) is 56.2 Å². The lowest BCUT2D eigenvalue weighted by molar-refractivity contribution is 0.0822. The predicted molar refractivity (Wildman–Crippen MR) is 171 cm³/mol. The molecule has 44 heavy (non-hydrogen) atoms. The number of aromatic nitrogens is 6. The minimum Gasteiger partial charge on any atom is -0.369 e. The lowest BCUT2D eigenvalue weighted by atomic mass is 10.1. The average molecular weight is 589 g/mol. The van der Waals surface area contributed by atoms with Crippen LogP contribution in [0.1, 0.15) is 16.1 Å². The molecule has 1 fully saturated rings. The molecule has 12 nitrogen and oxygen atoms in total. The van der Waals surface area contributed by atoms with Crippen LogP contribution in [0.4, 0.5) is 17.3 Å². The van der Waals surface area contributed by atoms with Gasteiger partial charge in [-0.1, -0.05) is 18.2 Å². The molecule has 1 aliphatic rings. The van der Waals surface area contributed by atoms with Crippen LogP contribution in [0.2, 0.25) is 0 Å². The number of piperazine rings is 1. The molecule has 6 aromatic rings. The highest BCUT2D eigenvalue weighted by atomic mass is 16.2. The van der Waals surface area contributed by atoms with Crippen molar-refractivity contribution in [3.63, 3.8) is 0 Å². The Morgan fingerprint density at radius 1 is 0.909 bits per heavy atom. The van der Waals surface area contributed by atoms with Crippen molar-refractivity contribution >= 4 is 50.8 Å². The Morgan fingerprint density at radius 3 is 2.48 bits per heavy atom. The van der Waals surface area contributed by atoms with E-state index in [9.17, 15) is 9.59 Å². The van der Waals surface area contributed by atoms with Crippen molar-refractivity contribution in [2.45, 2.75) is 6.92 Å². The van der Waals surface area contributed by atoms with Crippen molar-refractivity contribution in [2.75, 3.05) is 57.5 Å². The summed E-state index contributed by atoms with van der Waals surface area (Å²) in [5.41, 5.74) is 4.60. The second-order valence-corrected chi connectivity index (χ2v) is 11.3. The van der Waals surface area contributed by atoms with E-state index in [0.29, 0.717) is 17.4 Å². The van der Waals surface area contributed by atoms with Gasteiger partial charge in [-0.25, -0.2) is 19.6 Å². The van der Waals surface area contributed by atoms with Gasteiger partial charge in [-0.3, -0.25) is 9.59 Å². The van der Waals surface area contributed by atoms with Crippen LogP contribution in [0.25, 0.3) is 33.4 Å². The number of nitrogens with zero attached hydrogens (tertiary/aromatic N) is 9. The first-order chi connectivity index (χ1) is 21.3. The molecule has 1 aliphatic heterocycles. The maximum Gasteiger partial charge on any atom is 0.284 e. The molecule has 222 valence electrons. The van der Waals surface area contributed by atoms with Gasteiger partial charge in [0.1, 0.15) is 11.1 Å². The van der Waals surface area contributed by atoms with E-state index < -0.39 is 0 Å². The maximum absolute atomic E-state index is 14.0. The summed E-state index contributed by atoms with van der Waals surface area (Å²) in [6.07, 6.45) is 1.50. The number of rotatable bonds is 5. The smallest absolute Gasteiger partial charge is 0.284 e. The molecule has 0 aliphatic carbocycles. The van der Waals surface area contributed by atoms with Crippen LogP contribution in [-0.2, 0) is 0 Å². The lowest BCUT2D eigenvalue weighted by Crippen LogP contribution is -2.44. The number of carbonyl (C=O) groups is 1. The first-order valence-electron chi connectivity index (χ1n) is 14.5. The molecule has 0 spiro atoms. The van der Waals surface area contributed by atoms with E-state index in [-0.39, 0.29) is 28.2 Å². The Hall–Kier alpha value is -5.36. The minimum absolute atomic E-state index is 0.235. The highest BCUT2D eigenvalue weighted by Crippen LogP contribution is 2.27. The van der Waals surface area contributed by atoms with Gasteiger partial charge in [-0.2, -0.15) is 9.50 Å². The quantitative estimate of drug-likeness (QED) is 0.323. The Kier molecular flexibility index (Phi) is 6.70. The van der Waals surface area contributed by atoms with Gasteiger partial charge in [0, 0.05) is 63.2 Å². The summed E-state index contributed by atoms with van der Waals surface area (Å²) >= 11 is 0. The topological polar surface area (TPSA) is 117 Å². The molecule has 1 N–H and O–H groups in total. The number of amides is 1. The summed E-state index contributed by atoms with van der Waals surface area (Å²) in [5, 5.41) is 4.30. The zero-order valence-corrected chi connectivity index (χ0v) is 25.0. The number of aryl methyl sites for hydroxylation is 1. The molecule has 5 heterocycles. The highest BCUT2D eigenvalue weighted by Gasteiger charge is 2.21. The zero-order valence-electron chi connectivity index (χ0n) is 25.0. The summed E-state index contributed by atoms with van der Waals surface area (Å²) < 4.78 is 3.15. The summed E-state index contributed by atoms with van der Waals surface area (Å²) in [5.74, 6) is 0.531. The molecule has 1 saturated heterocycles. The first kappa shape index (κ1) is 27.5. The second-order valence-electron chi connectivity index (χ2n) is 11.3. The number of benzene rings is 2. The van der Waals surface area contributed by atoms with Crippen LogP contribution >= 0.6 is 0 Å². The number of fused-ring (bicyclic) bond motifs is 4. The van der Waals surface area contributed by atoms with Crippen LogP contribution in [0, 0.1) is 6.92 Å². The van der Waals surface area contributed by atoms with Gasteiger partial charge >= 0.3 is 0 Å². The zero-order chi connectivity index (χ0) is 30.5. The number of carbonyl (C=O) groups excluding carboxylic acids is 1. The summed E-state index contributed by atoms with van der Waals surface area (Å²) in [4.78, 5) is 51.4. The fourth-order valence-electron chi connectivity index (χ4n) is 5.72. The van der Waals surface area contributed by atoms with Crippen molar-refractivity contribution in [3.05, 3.63) is 88.5 Å². The van der Waals surface area contributed by atoms with Crippen LogP contribution in [0.15, 0.2) is 71.7 Å². The normalized spacial score (nSPS) is 14.0. The molecule has 0 atom stereocenters. The van der Waals surface area contributed by atoms with Crippen LogP contribution in [-0.4, -0.2) is 92.2 Å². The molecule has 0 saturated carbocycles. The fourth-order valence-corrected chi connectivity index (χ4v) is 5.72. The first-order valence-corrected chi connectivity index (χ1v) is 14.5. The van der Waals surface area contributed by atoms with E-state index >= 15 is 0 Å². The van der Waals surface area contributed by atoms with Gasteiger partial charge in [0.2, 0.25) is 5.95 Å². The van der Waals surface area contributed by atoms with Crippen molar-refractivity contribution < 1.29 is 4.79 Å². The SMILES string of the molecule is Cc1cc(Nc2ncc3c(=O)n4c(nc3n2)c2ccccc2n4-c2cccc(C(=O)N(C)C)n2)ccc1N1CCN(C)CC1. The monoisotopic (exact) mass is 588 g/mol. The molecule has 0 radical (unpaired) electrons. The van der Waals surface area contributed by atoms with Gasteiger partial charge in [-0.05, 0) is 62.0 Å². The maximum atomic E-state index is 14.0. The second kappa shape index (κ2) is 10.7. The highest BCUT2D eigenvalue weighted by molar-refractivity contribution is 5.96. The Labute approximate surface area is 253 Å². The number of likely N-dealkylation sites (N-methyl/N-ethyl adjacent to an activating group) is 1. The molecular formula is C32H32N10O2. The van der Waals surface area contributed by atoms with Gasteiger partial charge in [0.25, 0.3) is 11.5 Å². The van der Waals surface area contributed by atoms with E-state index in [0.717, 1.165) is 48.3 Å². The molecule has 0 bridgehead atoms. The van der Waals surface area contributed by atoms with Gasteiger partial charge in [0.05, 0.1) is 5.52 Å². The Morgan fingerprint density at radius 2 is 1.70 bits per heavy atom. The molecule has 1 amide bonds. The third-order valence-corrected chi connectivity index (χ3v) is 8.05. The van der Waals surface area contributed by atoms with E-state index in [1.807, 2.05) is 30.3 Å². The molecular weight excluding hydrogens is 556 g/mol. The largest absolute Gasteiger partial charge is 0.369 e. The number of hydrogen-bond acceptors (Lipinski definition) is 9. The summed E-state index contributed by atoms with van der Waals surface area (Å²) in [6, 6.07) is 19.0. The molecule has 0 unspecified atom stereocenters. The van der Waals surface area contributed by atoms with E-state index in [1.54, 1.807) is 37.0 Å². The Bertz CT molecular complexity index is 2130. The molecule has 2 aromatic carbocycles. The van der Waals surface area contributed by atoms with E-state index in [4.69, 9.17) is 4.98 Å². The van der Waals surface area contributed by atoms with Crippen molar-refractivity contribution in [3.8, 4) is 5.82 Å². The van der Waals surface area contributed by atoms with Gasteiger partial charge in [0.15, 0.2) is 17.1 Å². The third-order valence-electron chi connectivity index (χ3n) is 8.05. The average Bonchev–Trinajstić information content (AvgIpc) is 3.36. The Balaban J connectivity index is 1.29. The van der Waals surface area contributed by atoms with Crippen molar-refractivity contribution in [1.29, 1.82) is 0 Å². The van der Waals surface area contributed by atoms with Crippen molar-refractivity contribution in [1.82, 2.24) is 38.9 Å². The van der Waals surface area contributed by atoms with Gasteiger partial charge in [-0.15, -0.1) is 0 Å². The number of pyridine rings is 1. The standard InChI is InChI=1S/C32H32N10O2/c1-20-18-21(12-13-25(20)40-16-14-39(4)15-17-40)34-32-33-19-23-28(37-32)36-29-22-8-5-6-10-26(22)41(42(29)30(23)43)27-11-7-9-24(35-27)31(44)38(2)3/h5-13,18-19H,14-17H2,1-4H3,(H,33,34,37). The molecule has 12 heteroatoms. The third kappa shape index (κ3) is 4.69. The molecule has 4 aromatic heterocycles. The number of anilines is 3. The summed E-state index contributed by atoms with van der Waals surface area (Å²) in [7, 11) is 5.50. The lowest BCUT2D eigenvalue weighted by Gasteiger charge is -2.35. The van der Waals surface area contributed by atoms with Crippen LogP contribution in [0.5, 0.6) is 0 Å². The predicted octanol–water partition coefficient (Wildman–Crippen LogP) is 3.48. The van der Waals surface area contributed by atoms with E-state index in [1.165, 1.54) is 21.3 Å². The fraction of sp³-hybridized carbons (Fsp3) is 0.250. The summed E-state index contributed by atoms with van der Waals surface area (Å²) in [6.45, 7) is 6.19. The van der Waals surface area contributed by atoms with Crippen molar-refractivity contribution in [2.24, 2.45) is 0 Å². The minimum atomic E-state index is -0.341. The van der Waals surface area contributed by atoms with Crippen LogP contribution < -0.4 is 15.8 Å². The molecule has 7 rings (SSSR count). The number of hydrogen-bond donors (Lipinski definition) is 1. The number of nitrogens with one attached hydrogen (secondary N) is 1. The number of para-hydroxylation sites is 1. The van der Waals surface area contributed by atoms with Gasteiger partial charge < -0.3 is 20.0 Å². The van der Waals surface area contributed by atoms with Crippen LogP contribution in [0.3, 0.4) is 0 Å².